The van der Waals surface area contributed by atoms with E-state index in [-0.39, 0.29) is 11.5 Å². The van der Waals surface area contributed by atoms with Crippen LogP contribution in [0.5, 0.6) is 0 Å². The van der Waals surface area contributed by atoms with Crippen molar-refractivity contribution in [2.45, 2.75) is 38.1 Å². The second kappa shape index (κ2) is 5.24. The van der Waals surface area contributed by atoms with Gasteiger partial charge in [0, 0.05) is 23.3 Å². The van der Waals surface area contributed by atoms with Gasteiger partial charge in [-0.1, -0.05) is 13.0 Å². The summed E-state index contributed by atoms with van der Waals surface area (Å²) >= 11 is 0. The summed E-state index contributed by atoms with van der Waals surface area (Å²) in [5, 5.41) is 0. The molecule has 3 nitrogen and oxygen atoms in total. The molecule has 0 bridgehead atoms. The van der Waals surface area contributed by atoms with Crippen LogP contribution in [0, 0.1) is 0 Å². The zero-order valence-corrected chi connectivity index (χ0v) is 9.61. The number of hydrogen-bond donors (Lipinski definition) is 2. The molecule has 1 rings (SSSR count). The van der Waals surface area contributed by atoms with Gasteiger partial charge in [-0.15, -0.1) is 0 Å². The van der Waals surface area contributed by atoms with Crippen molar-refractivity contribution >= 4 is 0 Å². The topological polar surface area (TPSA) is 64.9 Å². The Morgan fingerprint density at radius 1 is 1.47 bits per heavy atom. The molecule has 0 saturated carbocycles. The number of nitrogens with zero attached hydrogens (tertiary/aromatic N) is 1. The van der Waals surface area contributed by atoms with Crippen LogP contribution in [0.2, 0.25) is 0 Å². The molecule has 0 amide bonds. The van der Waals surface area contributed by atoms with Crippen molar-refractivity contribution < 1.29 is 0 Å². The molecule has 15 heavy (non-hydrogen) atoms. The van der Waals surface area contributed by atoms with E-state index in [1.807, 2.05) is 24.4 Å². The van der Waals surface area contributed by atoms with Crippen LogP contribution in [0.1, 0.15) is 38.3 Å². The summed E-state index contributed by atoms with van der Waals surface area (Å²) in [6.45, 7) is 4.89. The summed E-state index contributed by atoms with van der Waals surface area (Å²) in [4.78, 5) is 4.34. The second-order valence-corrected chi connectivity index (χ2v) is 4.37. The summed E-state index contributed by atoms with van der Waals surface area (Å²) in [5.41, 5.74) is 12.6. The third kappa shape index (κ3) is 3.29. The largest absolute Gasteiger partial charge is 0.330 e. The fourth-order valence-corrected chi connectivity index (χ4v) is 1.67. The SMILES string of the molecule is CC(c1ccccn1)C(C)(N)CCCN. The molecule has 1 aromatic rings. The predicted octanol–water partition coefficient (Wildman–Crippen LogP) is 1.64. The van der Waals surface area contributed by atoms with Gasteiger partial charge < -0.3 is 11.5 Å². The van der Waals surface area contributed by atoms with Crippen molar-refractivity contribution in [3.63, 3.8) is 0 Å². The molecule has 84 valence electrons. The predicted molar refractivity (Wildman–Crippen MR) is 63.5 cm³/mol. The molecule has 0 fully saturated rings. The molecule has 3 heteroatoms. The summed E-state index contributed by atoms with van der Waals surface area (Å²) in [5.74, 6) is 0.255. The van der Waals surface area contributed by atoms with E-state index >= 15 is 0 Å². The Morgan fingerprint density at radius 3 is 2.73 bits per heavy atom. The summed E-state index contributed by atoms with van der Waals surface area (Å²) in [6.07, 6.45) is 3.70. The van der Waals surface area contributed by atoms with Crippen LogP contribution < -0.4 is 11.5 Å². The van der Waals surface area contributed by atoms with Crippen LogP contribution in [0.25, 0.3) is 0 Å². The summed E-state index contributed by atoms with van der Waals surface area (Å²) < 4.78 is 0. The third-order valence-corrected chi connectivity index (χ3v) is 3.04. The van der Waals surface area contributed by atoms with Gasteiger partial charge in [0.2, 0.25) is 0 Å². The van der Waals surface area contributed by atoms with E-state index in [1.165, 1.54) is 0 Å². The highest BCUT2D eigenvalue weighted by Gasteiger charge is 2.27. The minimum Gasteiger partial charge on any atom is -0.330 e. The van der Waals surface area contributed by atoms with Crippen LogP contribution in [0.3, 0.4) is 0 Å². The van der Waals surface area contributed by atoms with Gasteiger partial charge in [-0.2, -0.15) is 0 Å². The third-order valence-electron chi connectivity index (χ3n) is 3.04. The van der Waals surface area contributed by atoms with Crippen molar-refractivity contribution in [1.29, 1.82) is 0 Å². The first kappa shape index (κ1) is 12.1. The molecular formula is C12H21N3. The maximum Gasteiger partial charge on any atom is 0.0449 e. The first-order valence-corrected chi connectivity index (χ1v) is 5.48. The van der Waals surface area contributed by atoms with Gasteiger partial charge in [-0.25, -0.2) is 0 Å². The molecule has 0 aliphatic rings. The molecule has 0 radical (unpaired) electrons. The van der Waals surface area contributed by atoms with Gasteiger partial charge >= 0.3 is 0 Å². The zero-order chi connectivity index (χ0) is 11.3. The summed E-state index contributed by atoms with van der Waals surface area (Å²) in [6, 6.07) is 5.94. The van der Waals surface area contributed by atoms with Gasteiger partial charge in [0.15, 0.2) is 0 Å². The van der Waals surface area contributed by atoms with Gasteiger partial charge in [0.1, 0.15) is 0 Å². The number of hydrogen-bond acceptors (Lipinski definition) is 3. The standard InChI is InChI=1S/C12H21N3/c1-10(11-6-3-4-9-15-11)12(2,14)7-5-8-13/h3-4,6,9-10H,5,7-8,13-14H2,1-2H3. The highest BCUT2D eigenvalue weighted by molar-refractivity contribution is 5.13. The number of nitrogens with two attached hydrogens (primary N) is 2. The highest BCUT2D eigenvalue weighted by Crippen LogP contribution is 2.27. The molecule has 0 saturated heterocycles. The molecule has 0 aromatic carbocycles. The van der Waals surface area contributed by atoms with Crippen LogP contribution in [-0.2, 0) is 0 Å². The number of pyridine rings is 1. The normalized spacial score (nSPS) is 17.1. The first-order valence-electron chi connectivity index (χ1n) is 5.48. The van der Waals surface area contributed by atoms with Crippen molar-refractivity contribution in [1.82, 2.24) is 4.98 Å². The van der Waals surface area contributed by atoms with Crippen LogP contribution in [0.4, 0.5) is 0 Å². The van der Waals surface area contributed by atoms with E-state index in [0.29, 0.717) is 6.54 Å². The van der Waals surface area contributed by atoms with E-state index in [4.69, 9.17) is 11.5 Å². The molecule has 1 aromatic heterocycles. The van der Waals surface area contributed by atoms with E-state index in [2.05, 4.69) is 18.8 Å². The summed E-state index contributed by atoms with van der Waals surface area (Å²) in [7, 11) is 0. The van der Waals surface area contributed by atoms with Crippen molar-refractivity contribution in [2.75, 3.05) is 6.54 Å². The lowest BCUT2D eigenvalue weighted by Gasteiger charge is -2.31. The number of rotatable bonds is 5. The molecule has 0 aliphatic heterocycles. The Labute approximate surface area is 91.9 Å². The average molecular weight is 207 g/mol. The molecular weight excluding hydrogens is 186 g/mol. The highest BCUT2D eigenvalue weighted by atomic mass is 14.8. The smallest absolute Gasteiger partial charge is 0.0449 e. The van der Waals surface area contributed by atoms with E-state index in [0.717, 1.165) is 18.5 Å². The lowest BCUT2D eigenvalue weighted by Crippen LogP contribution is -2.42. The van der Waals surface area contributed by atoms with Gasteiger partial charge in [-0.05, 0) is 38.4 Å². The van der Waals surface area contributed by atoms with E-state index in [1.54, 1.807) is 0 Å². The molecule has 4 N–H and O–H groups in total. The van der Waals surface area contributed by atoms with Gasteiger partial charge in [0.25, 0.3) is 0 Å². The minimum atomic E-state index is -0.228. The van der Waals surface area contributed by atoms with Gasteiger partial charge in [-0.3, -0.25) is 4.98 Å². The van der Waals surface area contributed by atoms with Crippen LogP contribution in [-0.4, -0.2) is 17.1 Å². The van der Waals surface area contributed by atoms with Crippen molar-refractivity contribution in [2.24, 2.45) is 11.5 Å². The maximum atomic E-state index is 6.28. The quantitative estimate of drug-likeness (QED) is 0.771. The lowest BCUT2D eigenvalue weighted by atomic mass is 9.81. The molecule has 1 heterocycles. The average Bonchev–Trinajstić information content (AvgIpc) is 2.26. The Bertz CT molecular complexity index is 282. The second-order valence-electron chi connectivity index (χ2n) is 4.37. The fraction of sp³-hybridized carbons (Fsp3) is 0.583. The van der Waals surface area contributed by atoms with E-state index < -0.39 is 0 Å². The molecule has 0 aliphatic carbocycles. The Kier molecular flexibility index (Phi) is 4.24. The van der Waals surface area contributed by atoms with Crippen molar-refractivity contribution in [3.8, 4) is 0 Å². The monoisotopic (exact) mass is 207 g/mol. The maximum absolute atomic E-state index is 6.28. The molecule has 0 spiro atoms. The fourth-order valence-electron chi connectivity index (χ4n) is 1.67. The zero-order valence-electron chi connectivity index (χ0n) is 9.61. The minimum absolute atomic E-state index is 0.228. The van der Waals surface area contributed by atoms with Crippen molar-refractivity contribution in [3.05, 3.63) is 30.1 Å². The Hall–Kier alpha value is -0.930. The van der Waals surface area contributed by atoms with Gasteiger partial charge in [0.05, 0.1) is 0 Å². The first-order chi connectivity index (χ1) is 7.08. The molecule has 2 unspecified atom stereocenters. The van der Waals surface area contributed by atoms with Crippen LogP contribution in [0.15, 0.2) is 24.4 Å². The Balaban J connectivity index is 2.70. The van der Waals surface area contributed by atoms with E-state index in [9.17, 15) is 0 Å². The Morgan fingerprint density at radius 2 is 2.20 bits per heavy atom. The van der Waals surface area contributed by atoms with Crippen LogP contribution >= 0.6 is 0 Å². The molecule has 2 atom stereocenters. The number of aromatic nitrogens is 1. The lowest BCUT2D eigenvalue weighted by molar-refractivity contribution is 0.355.